The SMILES string of the molecule is COc1cncc(N2CCN(C(C(N)=O)c3ccc(Br)cc3)CC2)n1. The van der Waals surface area contributed by atoms with E-state index in [9.17, 15) is 4.79 Å². The summed E-state index contributed by atoms with van der Waals surface area (Å²) in [5.41, 5.74) is 6.58. The van der Waals surface area contributed by atoms with Crippen LogP contribution in [0, 0.1) is 0 Å². The van der Waals surface area contributed by atoms with Crippen LogP contribution >= 0.6 is 15.9 Å². The molecule has 8 heteroatoms. The zero-order valence-electron chi connectivity index (χ0n) is 13.9. The summed E-state index contributed by atoms with van der Waals surface area (Å²) in [6.07, 6.45) is 3.30. The van der Waals surface area contributed by atoms with Gasteiger partial charge in [0.15, 0.2) is 5.82 Å². The highest BCUT2D eigenvalue weighted by Gasteiger charge is 2.29. The van der Waals surface area contributed by atoms with Crippen LogP contribution in [0.5, 0.6) is 5.88 Å². The van der Waals surface area contributed by atoms with Crippen LogP contribution in [-0.2, 0) is 4.79 Å². The third-order valence-corrected chi connectivity index (χ3v) is 4.80. The normalized spacial score (nSPS) is 16.5. The Bertz CT molecular complexity index is 732. The molecule has 0 aliphatic carbocycles. The number of amides is 1. The summed E-state index contributed by atoms with van der Waals surface area (Å²) in [5.74, 6) is 0.931. The second-order valence-corrected chi connectivity index (χ2v) is 6.71. The number of methoxy groups -OCH3 is 1. The maximum atomic E-state index is 12.0. The fraction of sp³-hybridized carbons (Fsp3) is 0.353. The molecule has 1 amide bonds. The molecule has 7 nitrogen and oxygen atoms in total. The van der Waals surface area contributed by atoms with Crippen LogP contribution < -0.4 is 15.4 Å². The van der Waals surface area contributed by atoms with E-state index in [0.717, 1.165) is 28.9 Å². The van der Waals surface area contributed by atoms with Crippen molar-refractivity contribution in [2.24, 2.45) is 5.73 Å². The number of halogens is 1. The van der Waals surface area contributed by atoms with Crippen molar-refractivity contribution in [2.45, 2.75) is 6.04 Å². The first-order chi connectivity index (χ1) is 12.1. The Morgan fingerprint density at radius 3 is 2.48 bits per heavy atom. The number of hydrogen-bond donors (Lipinski definition) is 1. The van der Waals surface area contributed by atoms with E-state index in [4.69, 9.17) is 10.5 Å². The summed E-state index contributed by atoms with van der Waals surface area (Å²) in [5, 5.41) is 0. The minimum Gasteiger partial charge on any atom is -0.480 e. The molecule has 1 fully saturated rings. The van der Waals surface area contributed by atoms with Crippen molar-refractivity contribution in [3.05, 3.63) is 46.7 Å². The first-order valence-corrected chi connectivity index (χ1v) is 8.77. The van der Waals surface area contributed by atoms with Gasteiger partial charge >= 0.3 is 0 Å². The Balaban J connectivity index is 1.71. The van der Waals surface area contributed by atoms with Crippen molar-refractivity contribution < 1.29 is 9.53 Å². The number of piperazine rings is 1. The fourth-order valence-electron chi connectivity index (χ4n) is 3.00. The molecule has 0 spiro atoms. The van der Waals surface area contributed by atoms with E-state index >= 15 is 0 Å². The highest BCUT2D eigenvalue weighted by Crippen LogP contribution is 2.25. The number of nitrogens with zero attached hydrogens (tertiary/aromatic N) is 4. The standard InChI is InChI=1S/C17H20BrN5O2/c1-25-15-11-20-10-14(21-15)22-6-8-23(9-7-22)16(17(19)24)12-2-4-13(18)5-3-12/h2-5,10-11,16H,6-9H2,1H3,(H2,19,24). The molecule has 0 saturated carbocycles. The smallest absolute Gasteiger partial charge is 0.239 e. The van der Waals surface area contributed by atoms with E-state index in [-0.39, 0.29) is 5.91 Å². The molecule has 2 aromatic rings. The van der Waals surface area contributed by atoms with Gasteiger partial charge in [-0.25, -0.2) is 0 Å². The molecule has 1 saturated heterocycles. The third kappa shape index (κ3) is 4.08. The van der Waals surface area contributed by atoms with Crippen molar-refractivity contribution in [1.82, 2.24) is 14.9 Å². The van der Waals surface area contributed by atoms with Gasteiger partial charge in [-0.15, -0.1) is 0 Å². The lowest BCUT2D eigenvalue weighted by Crippen LogP contribution is -2.50. The minimum atomic E-state index is -0.424. The van der Waals surface area contributed by atoms with Crippen molar-refractivity contribution in [3.8, 4) is 5.88 Å². The number of benzene rings is 1. The maximum absolute atomic E-state index is 12.0. The number of carbonyl (C=O) groups excluding carboxylic acids is 1. The average Bonchev–Trinajstić information content (AvgIpc) is 2.64. The van der Waals surface area contributed by atoms with Gasteiger partial charge in [-0.3, -0.25) is 14.7 Å². The molecular formula is C17H20BrN5O2. The summed E-state index contributed by atoms with van der Waals surface area (Å²) in [4.78, 5) is 24.8. The summed E-state index contributed by atoms with van der Waals surface area (Å²) >= 11 is 3.41. The van der Waals surface area contributed by atoms with Crippen LogP contribution in [0.25, 0.3) is 0 Å². The number of rotatable bonds is 5. The van der Waals surface area contributed by atoms with E-state index < -0.39 is 6.04 Å². The summed E-state index contributed by atoms with van der Waals surface area (Å²) < 4.78 is 6.10. The largest absolute Gasteiger partial charge is 0.480 e. The quantitative estimate of drug-likeness (QED) is 0.812. The van der Waals surface area contributed by atoms with Crippen LogP contribution in [0.4, 0.5) is 5.82 Å². The number of ether oxygens (including phenoxy) is 1. The first-order valence-electron chi connectivity index (χ1n) is 7.98. The van der Waals surface area contributed by atoms with Crippen LogP contribution in [0.3, 0.4) is 0 Å². The fourth-order valence-corrected chi connectivity index (χ4v) is 3.26. The monoisotopic (exact) mass is 405 g/mol. The van der Waals surface area contributed by atoms with Crippen LogP contribution in [0.15, 0.2) is 41.1 Å². The van der Waals surface area contributed by atoms with E-state index in [0.29, 0.717) is 19.0 Å². The lowest BCUT2D eigenvalue weighted by molar-refractivity contribution is -0.123. The highest BCUT2D eigenvalue weighted by molar-refractivity contribution is 9.10. The number of aromatic nitrogens is 2. The molecule has 1 aromatic carbocycles. The Labute approximate surface area is 154 Å². The molecule has 1 aromatic heterocycles. The molecular weight excluding hydrogens is 386 g/mol. The summed E-state index contributed by atoms with van der Waals surface area (Å²) in [6.45, 7) is 2.90. The van der Waals surface area contributed by atoms with Crippen molar-refractivity contribution >= 4 is 27.7 Å². The second-order valence-electron chi connectivity index (χ2n) is 5.80. The lowest BCUT2D eigenvalue weighted by atomic mass is 10.0. The van der Waals surface area contributed by atoms with Crippen LogP contribution in [0.1, 0.15) is 11.6 Å². The second kappa shape index (κ2) is 7.79. The molecule has 0 bridgehead atoms. The predicted molar refractivity (Wildman–Crippen MR) is 98.4 cm³/mol. The van der Waals surface area contributed by atoms with E-state index in [1.807, 2.05) is 24.3 Å². The van der Waals surface area contributed by atoms with Crippen molar-refractivity contribution in [3.63, 3.8) is 0 Å². The number of nitrogens with two attached hydrogens (primary N) is 1. The topological polar surface area (TPSA) is 84.6 Å². The zero-order chi connectivity index (χ0) is 17.8. The highest BCUT2D eigenvalue weighted by atomic mass is 79.9. The third-order valence-electron chi connectivity index (χ3n) is 4.27. The molecule has 3 rings (SSSR count). The van der Waals surface area contributed by atoms with Gasteiger partial charge in [0.25, 0.3) is 0 Å². The van der Waals surface area contributed by atoms with E-state index in [1.54, 1.807) is 19.5 Å². The molecule has 0 radical (unpaired) electrons. The predicted octanol–water partition coefficient (Wildman–Crippen LogP) is 1.60. The summed E-state index contributed by atoms with van der Waals surface area (Å²) in [7, 11) is 1.57. The summed E-state index contributed by atoms with van der Waals surface area (Å²) in [6, 6.07) is 7.28. The first kappa shape index (κ1) is 17.6. The number of anilines is 1. The van der Waals surface area contributed by atoms with E-state index in [2.05, 4.69) is 35.7 Å². The van der Waals surface area contributed by atoms with Gasteiger partial charge in [-0.2, -0.15) is 4.98 Å². The van der Waals surface area contributed by atoms with Gasteiger partial charge in [0.05, 0.1) is 19.5 Å². The van der Waals surface area contributed by atoms with Crippen molar-refractivity contribution in [2.75, 3.05) is 38.2 Å². The molecule has 1 atom stereocenters. The average molecular weight is 406 g/mol. The molecule has 25 heavy (non-hydrogen) atoms. The molecule has 1 aliphatic rings. The Morgan fingerprint density at radius 1 is 1.20 bits per heavy atom. The van der Waals surface area contributed by atoms with Crippen molar-refractivity contribution in [1.29, 1.82) is 0 Å². The Morgan fingerprint density at radius 2 is 1.88 bits per heavy atom. The van der Waals surface area contributed by atoms with Gasteiger partial charge in [0.2, 0.25) is 11.8 Å². The number of carbonyl (C=O) groups is 1. The molecule has 1 unspecified atom stereocenters. The van der Waals surface area contributed by atoms with Gasteiger partial charge in [-0.05, 0) is 17.7 Å². The zero-order valence-corrected chi connectivity index (χ0v) is 15.5. The van der Waals surface area contributed by atoms with Gasteiger partial charge in [0.1, 0.15) is 6.04 Å². The van der Waals surface area contributed by atoms with Gasteiger partial charge in [-0.1, -0.05) is 28.1 Å². The van der Waals surface area contributed by atoms with Crippen LogP contribution in [0.2, 0.25) is 0 Å². The number of primary amides is 1. The number of hydrogen-bond acceptors (Lipinski definition) is 6. The molecule has 132 valence electrons. The Kier molecular flexibility index (Phi) is 5.50. The van der Waals surface area contributed by atoms with Gasteiger partial charge < -0.3 is 15.4 Å². The minimum absolute atomic E-state index is 0.336. The van der Waals surface area contributed by atoms with Gasteiger partial charge in [0, 0.05) is 30.7 Å². The van der Waals surface area contributed by atoms with E-state index in [1.165, 1.54) is 0 Å². The molecule has 1 aliphatic heterocycles. The molecule has 2 heterocycles. The Hall–Kier alpha value is -2.19. The maximum Gasteiger partial charge on any atom is 0.239 e. The van der Waals surface area contributed by atoms with Crippen LogP contribution in [-0.4, -0.2) is 54.1 Å². The lowest BCUT2D eigenvalue weighted by Gasteiger charge is -2.38. The molecule has 2 N–H and O–H groups in total.